The summed E-state index contributed by atoms with van der Waals surface area (Å²) >= 11 is 0. The molecule has 0 aromatic heterocycles. The lowest BCUT2D eigenvalue weighted by atomic mass is 9.52. The van der Waals surface area contributed by atoms with Crippen LogP contribution in [-0.4, -0.2) is 6.54 Å². The van der Waals surface area contributed by atoms with Gasteiger partial charge in [-0.15, -0.1) is 0 Å². The number of nitrogens with one attached hydrogen (secondary N) is 1. The van der Waals surface area contributed by atoms with Crippen molar-refractivity contribution in [3.8, 4) is 0 Å². The van der Waals surface area contributed by atoms with Gasteiger partial charge in [-0.05, 0) is 143 Å². The van der Waals surface area contributed by atoms with Gasteiger partial charge in [0.25, 0.3) is 0 Å². The van der Waals surface area contributed by atoms with E-state index < -0.39 is 0 Å². The molecule has 1 aliphatic heterocycles. The average molecular weight is 496 g/mol. The quantitative estimate of drug-likeness (QED) is 0.383. The number of piperidine rings is 1. The first-order valence-corrected chi connectivity index (χ1v) is 16.2. The van der Waals surface area contributed by atoms with E-state index in [-0.39, 0.29) is 0 Å². The van der Waals surface area contributed by atoms with Crippen LogP contribution in [0.3, 0.4) is 0 Å². The van der Waals surface area contributed by atoms with E-state index >= 15 is 0 Å². The van der Waals surface area contributed by atoms with Crippen LogP contribution in [0.15, 0.2) is 71.5 Å². The predicted molar refractivity (Wildman–Crippen MR) is 156 cm³/mol. The van der Waals surface area contributed by atoms with Crippen molar-refractivity contribution >= 4 is 0 Å². The van der Waals surface area contributed by atoms with Crippen LogP contribution >= 0.6 is 0 Å². The second-order valence-corrected chi connectivity index (χ2v) is 13.6. The second-order valence-electron chi connectivity index (χ2n) is 13.6. The van der Waals surface area contributed by atoms with E-state index in [4.69, 9.17) is 0 Å². The molecule has 198 valence electrons. The van der Waals surface area contributed by atoms with Crippen LogP contribution in [0.1, 0.15) is 89.9 Å². The summed E-state index contributed by atoms with van der Waals surface area (Å²) in [6.07, 6.45) is 42.6. The van der Waals surface area contributed by atoms with Crippen molar-refractivity contribution in [2.75, 3.05) is 6.54 Å². The molecular formula is C36H49N. The van der Waals surface area contributed by atoms with Crippen LogP contribution in [0.4, 0.5) is 0 Å². The fraction of sp³-hybridized carbons (Fsp3) is 0.667. The molecule has 1 N–H and O–H groups in total. The van der Waals surface area contributed by atoms with Crippen molar-refractivity contribution in [1.29, 1.82) is 0 Å². The maximum Gasteiger partial charge on any atom is 0.0144 e. The summed E-state index contributed by atoms with van der Waals surface area (Å²) in [4.78, 5) is 0. The first-order valence-electron chi connectivity index (χ1n) is 16.2. The van der Waals surface area contributed by atoms with Crippen LogP contribution in [0.5, 0.6) is 0 Å². The highest BCUT2D eigenvalue weighted by atomic mass is 14.9. The molecular weight excluding hydrogens is 446 g/mol. The van der Waals surface area contributed by atoms with Gasteiger partial charge in [0.15, 0.2) is 0 Å². The first-order chi connectivity index (χ1) is 18.3. The standard InChI is InChI=1S/C36H49N/c1-3-10-25(11-4-1)33-23-27-17-18-30(24-34(27)32-16-8-7-15-31(32)33)36(26-12-5-2-6-13-26)29-19-20-35-28(22-29)14-9-21-37-35/h5,7-8,10,12,17-20,26-28,30-34,36-37H,1-4,6,9,11,13-16,21-24H2. The highest BCUT2D eigenvalue weighted by molar-refractivity contribution is 5.31. The summed E-state index contributed by atoms with van der Waals surface area (Å²) in [7, 11) is 0. The van der Waals surface area contributed by atoms with Gasteiger partial charge in [-0.25, -0.2) is 0 Å². The zero-order valence-electron chi connectivity index (χ0n) is 23.0. The Kier molecular flexibility index (Phi) is 7.08. The summed E-state index contributed by atoms with van der Waals surface area (Å²) in [5.41, 5.74) is 5.16. The van der Waals surface area contributed by atoms with Gasteiger partial charge in [-0.2, -0.15) is 0 Å². The van der Waals surface area contributed by atoms with E-state index in [1.165, 1.54) is 102 Å². The smallest absolute Gasteiger partial charge is 0.0144 e. The highest BCUT2D eigenvalue weighted by Crippen LogP contribution is 2.56. The Morgan fingerprint density at radius 3 is 2.57 bits per heavy atom. The summed E-state index contributed by atoms with van der Waals surface area (Å²) < 4.78 is 0. The number of rotatable bonds is 4. The zero-order chi connectivity index (χ0) is 24.6. The van der Waals surface area contributed by atoms with Crippen LogP contribution in [0.25, 0.3) is 0 Å². The molecule has 1 saturated carbocycles. The van der Waals surface area contributed by atoms with Crippen molar-refractivity contribution in [1.82, 2.24) is 5.32 Å². The molecule has 9 unspecified atom stereocenters. The monoisotopic (exact) mass is 495 g/mol. The molecule has 9 atom stereocenters. The Morgan fingerprint density at radius 2 is 1.70 bits per heavy atom. The minimum atomic E-state index is 0.713. The zero-order valence-corrected chi connectivity index (χ0v) is 23.0. The SMILES string of the molecule is C1=CC(C(C2=CC=C3NCCCC3C2)C2C=CC3CC(C4=CCCCC4)C4CC=CCC4C3C2)CCC1. The largest absolute Gasteiger partial charge is 0.388 e. The average Bonchev–Trinajstić information content (AvgIpc) is 2.98. The third-order valence-corrected chi connectivity index (χ3v) is 11.7. The molecule has 2 fully saturated rings. The van der Waals surface area contributed by atoms with E-state index in [0.29, 0.717) is 5.92 Å². The first kappa shape index (κ1) is 24.3. The Labute approximate surface area is 226 Å². The van der Waals surface area contributed by atoms with Crippen molar-refractivity contribution < 1.29 is 0 Å². The molecule has 0 radical (unpaired) electrons. The normalized spacial score (nSPS) is 41.8. The third kappa shape index (κ3) is 4.79. The molecule has 1 heterocycles. The van der Waals surface area contributed by atoms with Crippen molar-refractivity contribution in [3.05, 3.63) is 71.5 Å². The number of allylic oxidation sites excluding steroid dienone is 12. The predicted octanol–water partition coefficient (Wildman–Crippen LogP) is 9.08. The molecule has 1 saturated heterocycles. The Morgan fingerprint density at radius 1 is 0.757 bits per heavy atom. The van der Waals surface area contributed by atoms with E-state index in [9.17, 15) is 0 Å². The van der Waals surface area contributed by atoms with Crippen LogP contribution < -0.4 is 5.32 Å². The van der Waals surface area contributed by atoms with Gasteiger partial charge < -0.3 is 5.32 Å². The van der Waals surface area contributed by atoms with E-state index in [2.05, 4.69) is 60.0 Å². The molecule has 0 aromatic rings. The van der Waals surface area contributed by atoms with Gasteiger partial charge in [0.1, 0.15) is 0 Å². The van der Waals surface area contributed by atoms with E-state index in [0.717, 1.165) is 47.3 Å². The van der Waals surface area contributed by atoms with Gasteiger partial charge in [0.05, 0.1) is 0 Å². The summed E-state index contributed by atoms with van der Waals surface area (Å²) in [5, 5.41) is 3.72. The van der Waals surface area contributed by atoms with Gasteiger partial charge in [-0.3, -0.25) is 0 Å². The lowest BCUT2D eigenvalue weighted by molar-refractivity contribution is 0.0413. The lowest BCUT2D eigenvalue weighted by Gasteiger charge is -2.52. The van der Waals surface area contributed by atoms with Crippen LogP contribution in [0.2, 0.25) is 0 Å². The minimum absolute atomic E-state index is 0.713. The molecule has 0 aromatic carbocycles. The number of fused-ring (bicyclic) bond motifs is 4. The molecule has 7 rings (SSSR count). The van der Waals surface area contributed by atoms with E-state index in [1.54, 1.807) is 5.57 Å². The Balaban J connectivity index is 1.18. The van der Waals surface area contributed by atoms with Gasteiger partial charge in [0.2, 0.25) is 0 Å². The van der Waals surface area contributed by atoms with Gasteiger partial charge >= 0.3 is 0 Å². The van der Waals surface area contributed by atoms with Crippen molar-refractivity contribution in [3.63, 3.8) is 0 Å². The molecule has 1 nitrogen and oxygen atoms in total. The van der Waals surface area contributed by atoms with Crippen LogP contribution in [-0.2, 0) is 0 Å². The Bertz CT molecular complexity index is 1020. The summed E-state index contributed by atoms with van der Waals surface area (Å²) in [6, 6.07) is 0. The molecule has 37 heavy (non-hydrogen) atoms. The third-order valence-electron chi connectivity index (χ3n) is 11.7. The summed E-state index contributed by atoms with van der Waals surface area (Å²) in [5.74, 6) is 7.30. The second kappa shape index (κ2) is 10.8. The maximum absolute atomic E-state index is 3.72. The van der Waals surface area contributed by atoms with Crippen molar-refractivity contribution in [2.45, 2.75) is 89.9 Å². The molecule has 6 aliphatic carbocycles. The lowest BCUT2D eigenvalue weighted by Crippen LogP contribution is -2.44. The van der Waals surface area contributed by atoms with Crippen LogP contribution in [0, 0.1) is 53.3 Å². The highest BCUT2D eigenvalue weighted by Gasteiger charge is 2.47. The maximum atomic E-state index is 3.72. The molecule has 0 amide bonds. The van der Waals surface area contributed by atoms with Gasteiger partial charge in [0, 0.05) is 18.2 Å². The fourth-order valence-electron chi connectivity index (χ4n) is 10.0. The fourth-order valence-corrected chi connectivity index (χ4v) is 10.0. The number of hydrogen-bond acceptors (Lipinski definition) is 1. The summed E-state index contributed by atoms with van der Waals surface area (Å²) in [6.45, 7) is 1.17. The number of hydrogen-bond donors (Lipinski definition) is 1. The van der Waals surface area contributed by atoms with Gasteiger partial charge in [-0.1, -0.05) is 59.8 Å². The van der Waals surface area contributed by atoms with E-state index in [1.807, 2.05) is 5.57 Å². The molecule has 0 spiro atoms. The molecule has 7 aliphatic rings. The molecule has 1 heteroatoms. The topological polar surface area (TPSA) is 12.0 Å². The minimum Gasteiger partial charge on any atom is -0.388 e. The molecule has 0 bridgehead atoms. The Hall–Kier alpha value is -1.76. The van der Waals surface area contributed by atoms with Crippen molar-refractivity contribution in [2.24, 2.45) is 53.3 Å².